The first-order valence-electron chi connectivity index (χ1n) is 8.17. The van der Waals surface area contributed by atoms with E-state index in [1.165, 1.54) is 6.08 Å². The number of hydrogen-bond acceptors (Lipinski definition) is 11. The van der Waals surface area contributed by atoms with Crippen LogP contribution < -0.4 is 0 Å². The Bertz CT molecular complexity index is 613. The summed E-state index contributed by atoms with van der Waals surface area (Å²) in [5.74, 6) is -1.47. The lowest BCUT2D eigenvalue weighted by atomic mass is 9.96. The number of rotatable bonds is 5. The molecule has 0 aliphatic carbocycles. The van der Waals surface area contributed by atoms with Crippen molar-refractivity contribution in [3.63, 3.8) is 0 Å². The molecule has 3 heterocycles. The van der Waals surface area contributed by atoms with E-state index in [-0.39, 0.29) is 5.90 Å². The molecule has 0 aromatic heterocycles. The average molecular weight is 391 g/mol. The van der Waals surface area contributed by atoms with Crippen molar-refractivity contribution in [2.75, 3.05) is 6.61 Å². The molecule has 152 valence electrons. The van der Waals surface area contributed by atoms with Gasteiger partial charge in [0.25, 0.3) is 0 Å². The Balaban J connectivity index is 1.83. The van der Waals surface area contributed by atoms with Gasteiger partial charge in [0, 0.05) is 0 Å². The molecule has 0 amide bonds. The summed E-state index contributed by atoms with van der Waals surface area (Å²) >= 11 is 0. The number of ether oxygens (including phenoxy) is 4. The van der Waals surface area contributed by atoms with Crippen molar-refractivity contribution in [1.82, 2.24) is 0 Å². The predicted molar refractivity (Wildman–Crippen MR) is 83.4 cm³/mol. The molecule has 27 heavy (non-hydrogen) atoms. The number of hydrogen-bond donors (Lipinski definition) is 6. The maximum absolute atomic E-state index is 11.2. The van der Waals surface area contributed by atoms with Crippen LogP contribution in [0.4, 0.5) is 0 Å². The summed E-state index contributed by atoms with van der Waals surface area (Å²) in [6.45, 7) is 2.93. The smallest absolute Gasteiger partial charge is 0.335 e. The molecule has 2 fully saturated rings. The van der Waals surface area contributed by atoms with E-state index in [0.717, 1.165) is 0 Å². The van der Waals surface area contributed by atoms with Crippen LogP contribution in [0.1, 0.15) is 0 Å². The number of nitrogens with zero attached hydrogens (tertiary/aromatic N) is 1. The number of carboxylic acids is 1. The average Bonchev–Trinajstić information content (AvgIpc) is 3.06. The Morgan fingerprint density at radius 1 is 1.15 bits per heavy atom. The van der Waals surface area contributed by atoms with Crippen molar-refractivity contribution in [3.8, 4) is 0 Å². The van der Waals surface area contributed by atoms with Crippen LogP contribution in [0.2, 0.25) is 0 Å². The van der Waals surface area contributed by atoms with Gasteiger partial charge >= 0.3 is 5.97 Å². The maximum Gasteiger partial charge on any atom is 0.335 e. The quantitative estimate of drug-likeness (QED) is 0.271. The van der Waals surface area contributed by atoms with Crippen molar-refractivity contribution in [3.05, 3.63) is 12.7 Å². The molecular formula is C15H21NO11. The molecule has 0 saturated carbocycles. The Kier molecular flexibility index (Phi) is 5.79. The van der Waals surface area contributed by atoms with Gasteiger partial charge in [-0.2, -0.15) is 0 Å². The minimum absolute atomic E-state index is 0.105. The normalized spacial score (nSPS) is 46.9. The van der Waals surface area contributed by atoms with Gasteiger partial charge in [-0.1, -0.05) is 6.58 Å². The summed E-state index contributed by atoms with van der Waals surface area (Å²) in [4.78, 5) is 15.3. The Labute approximate surface area is 152 Å². The second-order valence-electron chi connectivity index (χ2n) is 6.33. The Morgan fingerprint density at radius 2 is 1.85 bits per heavy atom. The van der Waals surface area contributed by atoms with Crippen LogP contribution >= 0.6 is 0 Å². The molecule has 2 saturated heterocycles. The standard InChI is InChI=1S/C15H21NO11/c1-2-5-16-6-11(7(18)4(3-17)24-14(6)25-5)26-15-10(21)8(19)9(20)12(27-15)13(22)23/h2,4,6-12,14-15,17-21H,1,3H2,(H,22,23)/t4-,6-,7-,8+,9+,10-,11-,12+,14?,15-/m1/s1. The van der Waals surface area contributed by atoms with Crippen LogP contribution in [0.5, 0.6) is 0 Å². The van der Waals surface area contributed by atoms with Crippen LogP contribution in [-0.2, 0) is 23.7 Å². The topological polar surface area (TPSA) is 188 Å². The molecule has 0 bridgehead atoms. The molecule has 12 heteroatoms. The highest BCUT2D eigenvalue weighted by Crippen LogP contribution is 2.33. The summed E-state index contributed by atoms with van der Waals surface area (Å²) < 4.78 is 21.3. The molecule has 6 N–H and O–H groups in total. The number of fused-ring (bicyclic) bond motifs is 1. The zero-order valence-electron chi connectivity index (χ0n) is 13.9. The largest absolute Gasteiger partial charge is 0.479 e. The molecule has 10 atom stereocenters. The lowest BCUT2D eigenvalue weighted by Crippen LogP contribution is -2.64. The third kappa shape index (κ3) is 3.58. The Hall–Kier alpha value is -1.64. The number of aliphatic hydroxyl groups excluding tert-OH is 5. The van der Waals surface area contributed by atoms with Gasteiger partial charge < -0.3 is 49.6 Å². The monoisotopic (exact) mass is 391 g/mol. The van der Waals surface area contributed by atoms with Gasteiger partial charge in [-0.15, -0.1) is 0 Å². The summed E-state index contributed by atoms with van der Waals surface area (Å²) in [5, 5.41) is 58.6. The highest BCUT2D eigenvalue weighted by atomic mass is 16.7. The van der Waals surface area contributed by atoms with Gasteiger partial charge in [0.1, 0.15) is 42.7 Å². The molecule has 0 spiro atoms. The van der Waals surface area contributed by atoms with Gasteiger partial charge in [0.15, 0.2) is 12.4 Å². The number of aliphatic carboxylic acids is 1. The molecular weight excluding hydrogens is 370 g/mol. The third-order valence-electron chi connectivity index (χ3n) is 4.61. The zero-order chi connectivity index (χ0) is 19.9. The van der Waals surface area contributed by atoms with Crippen molar-refractivity contribution < 1.29 is 54.4 Å². The fraction of sp³-hybridized carbons (Fsp3) is 0.733. The number of carboxylic acid groups (broad SMARTS) is 1. The van der Waals surface area contributed by atoms with Gasteiger partial charge in [0.2, 0.25) is 12.2 Å². The SMILES string of the molecule is C=CC1=N[C@H]2C(O1)O[C@H](CO)[C@@H](O)[C@@H]2O[C@@H]1O[C@H](C(=O)O)[C@@H](O)[C@H](O)[C@H]1O. The lowest BCUT2D eigenvalue weighted by molar-refractivity contribution is -0.331. The fourth-order valence-corrected chi connectivity index (χ4v) is 3.16. The highest BCUT2D eigenvalue weighted by Gasteiger charge is 2.54. The van der Waals surface area contributed by atoms with E-state index in [9.17, 15) is 30.3 Å². The third-order valence-corrected chi connectivity index (χ3v) is 4.61. The molecule has 3 aliphatic heterocycles. The molecule has 3 aliphatic rings. The first-order chi connectivity index (χ1) is 12.8. The van der Waals surface area contributed by atoms with Crippen LogP contribution in [0.25, 0.3) is 0 Å². The van der Waals surface area contributed by atoms with E-state index in [1.807, 2.05) is 0 Å². The van der Waals surface area contributed by atoms with Crippen molar-refractivity contribution in [2.45, 2.75) is 61.3 Å². The number of carbonyl (C=O) groups is 1. The molecule has 12 nitrogen and oxygen atoms in total. The minimum atomic E-state index is -1.88. The first-order valence-corrected chi connectivity index (χ1v) is 8.17. The van der Waals surface area contributed by atoms with Gasteiger partial charge in [0.05, 0.1) is 6.61 Å². The zero-order valence-corrected chi connectivity index (χ0v) is 13.9. The van der Waals surface area contributed by atoms with E-state index < -0.39 is 73.9 Å². The van der Waals surface area contributed by atoms with E-state index >= 15 is 0 Å². The van der Waals surface area contributed by atoms with Crippen LogP contribution in [-0.4, -0.2) is 110 Å². The molecule has 3 rings (SSSR count). The predicted octanol–water partition coefficient (Wildman–Crippen LogP) is -3.67. The van der Waals surface area contributed by atoms with E-state index in [0.29, 0.717) is 0 Å². The number of aliphatic imine (C=N–C) groups is 1. The molecule has 0 radical (unpaired) electrons. The minimum Gasteiger partial charge on any atom is -0.479 e. The highest BCUT2D eigenvalue weighted by molar-refractivity contribution is 5.88. The van der Waals surface area contributed by atoms with Crippen LogP contribution in [0, 0.1) is 0 Å². The number of aliphatic hydroxyl groups is 5. The molecule has 1 unspecified atom stereocenters. The van der Waals surface area contributed by atoms with E-state index in [4.69, 9.17) is 24.1 Å². The van der Waals surface area contributed by atoms with Crippen LogP contribution in [0.15, 0.2) is 17.6 Å². The first kappa shape index (κ1) is 20.1. The Morgan fingerprint density at radius 3 is 2.44 bits per heavy atom. The van der Waals surface area contributed by atoms with Crippen molar-refractivity contribution in [2.24, 2.45) is 4.99 Å². The van der Waals surface area contributed by atoms with E-state index in [1.54, 1.807) is 0 Å². The summed E-state index contributed by atoms with van der Waals surface area (Å²) in [5.41, 5.74) is 0. The van der Waals surface area contributed by atoms with Gasteiger partial charge in [-0.05, 0) is 6.08 Å². The van der Waals surface area contributed by atoms with Crippen molar-refractivity contribution >= 4 is 11.9 Å². The molecule has 0 aromatic rings. The van der Waals surface area contributed by atoms with E-state index in [2.05, 4.69) is 11.6 Å². The van der Waals surface area contributed by atoms with Crippen LogP contribution in [0.3, 0.4) is 0 Å². The van der Waals surface area contributed by atoms with Gasteiger partial charge in [-0.25, -0.2) is 9.79 Å². The second-order valence-corrected chi connectivity index (χ2v) is 6.33. The summed E-state index contributed by atoms with van der Waals surface area (Å²) in [6, 6.07) is -0.932. The summed E-state index contributed by atoms with van der Waals surface area (Å²) in [7, 11) is 0. The second kappa shape index (κ2) is 7.77. The summed E-state index contributed by atoms with van der Waals surface area (Å²) in [6.07, 6.45) is -12.6. The fourth-order valence-electron chi connectivity index (χ4n) is 3.16. The van der Waals surface area contributed by atoms with Gasteiger partial charge in [-0.3, -0.25) is 0 Å². The van der Waals surface area contributed by atoms with Crippen molar-refractivity contribution in [1.29, 1.82) is 0 Å². The maximum atomic E-state index is 11.2. The molecule has 0 aromatic carbocycles. The lowest BCUT2D eigenvalue weighted by Gasteiger charge is -2.44.